The molecule has 2 aromatic heterocycles. The highest BCUT2D eigenvalue weighted by Crippen LogP contribution is 2.18. The van der Waals surface area contributed by atoms with Crippen LogP contribution in [-0.2, 0) is 23.1 Å². The van der Waals surface area contributed by atoms with Crippen LogP contribution < -0.4 is 0 Å². The standard InChI is InChI=1S/C11H15F2N5O2S/c1-3-17-9(4-5-14-17)7-16(2)21(19,20)10-6-15-18(8-10)11(12)13/h4-6,8,11H,3,7H2,1-2H3. The van der Waals surface area contributed by atoms with E-state index in [2.05, 4.69) is 10.2 Å². The van der Waals surface area contributed by atoms with Gasteiger partial charge in [0, 0.05) is 19.8 Å². The van der Waals surface area contributed by atoms with Gasteiger partial charge in [0.05, 0.1) is 24.6 Å². The normalized spacial score (nSPS) is 12.5. The van der Waals surface area contributed by atoms with Gasteiger partial charge in [-0.1, -0.05) is 0 Å². The molecule has 0 aromatic carbocycles. The maximum absolute atomic E-state index is 12.5. The minimum absolute atomic E-state index is 0.0933. The largest absolute Gasteiger partial charge is 0.333 e. The Balaban J connectivity index is 2.22. The molecule has 116 valence electrons. The van der Waals surface area contributed by atoms with Crippen molar-refractivity contribution in [3.05, 3.63) is 30.4 Å². The van der Waals surface area contributed by atoms with Gasteiger partial charge in [0.25, 0.3) is 0 Å². The van der Waals surface area contributed by atoms with Gasteiger partial charge in [-0.15, -0.1) is 0 Å². The Kier molecular flexibility index (Phi) is 4.37. The van der Waals surface area contributed by atoms with Crippen molar-refractivity contribution >= 4 is 10.0 Å². The second-order valence-electron chi connectivity index (χ2n) is 4.33. The summed E-state index contributed by atoms with van der Waals surface area (Å²) in [4.78, 5) is -0.270. The van der Waals surface area contributed by atoms with E-state index in [4.69, 9.17) is 0 Å². The van der Waals surface area contributed by atoms with E-state index >= 15 is 0 Å². The van der Waals surface area contributed by atoms with Crippen LogP contribution in [0.2, 0.25) is 0 Å². The van der Waals surface area contributed by atoms with Crippen LogP contribution in [0.5, 0.6) is 0 Å². The van der Waals surface area contributed by atoms with Crippen LogP contribution in [-0.4, -0.2) is 39.3 Å². The summed E-state index contributed by atoms with van der Waals surface area (Å²) in [6, 6.07) is 1.71. The SMILES string of the molecule is CCn1nccc1CN(C)S(=O)(=O)c1cnn(C(F)F)c1. The molecule has 2 aromatic rings. The number of hydrogen-bond donors (Lipinski definition) is 0. The molecule has 2 rings (SSSR count). The van der Waals surface area contributed by atoms with E-state index in [-0.39, 0.29) is 11.4 Å². The Morgan fingerprint density at radius 2 is 2.10 bits per heavy atom. The molecule has 7 nitrogen and oxygen atoms in total. The third-order valence-corrected chi connectivity index (χ3v) is 4.73. The molecule has 0 unspecified atom stereocenters. The lowest BCUT2D eigenvalue weighted by atomic mass is 10.4. The molecule has 0 atom stereocenters. The fourth-order valence-corrected chi connectivity index (χ4v) is 2.92. The molecular formula is C11H15F2N5O2S. The second-order valence-corrected chi connectivity index (χ2v) is 6.38. The van der Waals surface area contributed by atoms with Gasteiger partial charge in [-0.05, 0) is 13.0 Å². The molecule has 0 saturated carbocycles. The van der Waals surface area contributed by atoms with Gasteiger partial charge >= 0.3 is 6.55 Å². The highest BCUT2D eigenvalue weighted by molar-refractivity contribution is 7.89. The second kappa shape index (κ2) is 5.90. The predicted molar refractivity (Wildman–Crippen MR) is 70.0 cm³/mol. The van der Waals surface area contributed by atoms with E-state index < -0.39 is 16.6 Å². The van der Waals surface area contributed by atoms with Crippen LogP contribution in [0.15, 0.2) is 29.6 Å². The molecule has 0 bridgehead atoms. The van der Waals surface area contributed by atoms with Crippen molar-refractivity contribution < 1.29 is 17.2 Å². The zero-order chi connectivity index (χ0) is 15.6. The fraction of sp³-hybridized carbons (Fsp3) is 0.455. The molecule has 0 aliphatic carbocycles. The molecular weight excluding hydrogens is 304 g/mol. The van der Waals surface area contributed by atoms with Gasteiger partial charge in [0.1, 0.15) is 4.90 Å². The van der Waals surface area contributed by atoms with E-state index in [1.807, 2.05) is 6.92 Å². The smallest absolute Gasteiger partial charge is 0.269 e. The molecule has 10 heteroatoms. The zero-order valence-corrected chi connectivity index (χ0v) is 12.3. The highest BCUT2D eigenvalue weighted by Gasteiger charge is 2.24. The zero-order valence-electron chi connectivity index (χ0n) is 11.5. The molecule has 0 aliphatic heterocycles. The number of aromatic nitrogens is 4. The number of halogens is 2. The molecule has 0 saturated heterocycles. The van der Waals surface area contributed by atoms with Crippen LogP contribution in [0.1, 0.15) is 19.2 Å². The van der Waals surface area contributed by atoms with Crippen LogP contribution >= 0.6 is 0 Å². The average molecular weight is 319 g/mol. The van der Waals surface area contributed by atoms with E-state index in [1.54, 1.807) is 16.9 Å². The van der Waals surface area contributed by atoms with Crippen molar-refractivity contribution in [2.24, 2.45) is 0 Å². The van der Waals surface area contributed by atoms with Gasteiger partial charge in [-0.3, -0.25) is 4.68 Å². The number of alkyl halides is 2. The first-order valence-electron chi connectivity index (χ1n) is 6.15. The first kappa shape index (κ1) is 15.6. The Morgan fingerprint density at radius 1 is 1.38 bits per heavy atom. The monoisotopic (exact) mass is 319 g/mol. The van der Waals surface area contributed by atoms with Crippen LogP contribution in [0.3, 0.4) is 0 Å². The first-order valence-corrected chi connectivity index (χ1v) is 7.59. The minimum Gasteiger partial charge on any atom is -0.269 e. The third-order valence-electron chi connectivity index (χ3n) is 2.97. The maximum atomic E-state index is 12.5. The summed E-state index contributed by atoms with van der Waals surface area (Å²) >= 11 is 0. The molecule has 21 heavy (non-hydrogen) atoms. The van der Waals surface area contributed by atoms with Gasteiger partial charge in [0.15, 0.2) is 0 Å². The van der Waals surface area contributed by atoms with Crippen molar-refractivity contribution in [3.63, 3.8) is 0 Å². The molecule has 0 aliphatic rings. The first-order chi connectivity index (χ1) is 9.86. The van der Waals surface area contributed by atoms with Crippen molar-refractivity contribution in [3.8, 4) is 0 Å². The quantitative estimate of drug-likeness (QED) is 0.805. The number of rotatable bonds is 6. The molecule has 0 fully saturated rings. The molecule has 0 spiro atoms. The number of aryl methyl sites for hydroxylation is 1. The summed E-state index contributed by atoms with van der Waals surface area (Å²) in [5.41, 5.74) is 0.713. The van der Waals surface area contributed by atoms with Crippen LogP contribution in [0.25, 0.3) is 0 Å². The summed E-state index contributed by atoms with van der Waals surface area (Å²) < 4.78 is 52.5. The minimum atomic E-state index is -3.88. The van der Waals surface area contributed by atoms with Crippen molar-refractivity contribution in [2.75, 3.05) is 7.05 Å². The van der Waals surface area contributed by atoms with Crippen LogP contribution in [0, 0.1) is 0 Å². The Morgan fingerprint density at radius 3 is 2.67 bits per heavy atom. The summed E-state index contributed by atoms with van der Waals surface area (Å²) in [6.07, 6.45) is 3.30. The number of nitrogens with zero attached hydrogens (tertiary/aromatic N) is 5. The van der Waals surface area contributed by atoms with Gasteiger partial charge < -0.3 is 0 Å². The Hall–Kier alpha value is -1.81. The summed E-state index contributed by atoms with van der Waals surface area (Å²) in [6.45, 7) is -0.284. The summed E-state index contributed by atoms with van der Waals surface area (Å²) in [5, 5.41) is 7.39. The lowest BCUT2D eigenvalue weighted by molar-refractivity contribution is 0.0563. The molecule has 2 heterocycles. The molecule has 0 N–H and O–H groups in total. The number of hydrogen-bond acceptors (Lipinski definition) is 4. The highest BCUT2D eigenvalue weighted by atomic mass is 32.2. The molecule has 0 radical (unpaired) electrons. The van der Waals surface area contributed by atoms with E-state index in [0.717, 1.165) is 16.7 Å². The predicted octanol–water partition coefficient (Wildman–Crippen LogP) is 1.32. The van der Waals surface area contributed by atoms with E-state index in [1.165, 1.54) is 7.05 Å². The van der Waals surface area contributed by atoms with Crippen molar-refractivity contribution in [1.29, 1.82) is 0 Å². The van der Waals surface area contributed by atoms with Gasteiger partial charge in [-0.25, -0.2) is 13.1 Å². The van der Waals surface area contributed by atoms with E-state index in [0.29, 0.717) is 16.9 Å². The topological polar surface area (TPSA) is 73.0 Å². The lowest BCUT2D eigenvalue weighted by Crippen LogP contribution is -2.27. The Bertz CT molecular complexity index is 710. The third kappa shape index (κ3) is 3.10. The lowest BCUT2D eigenvalue weighted by Gasteiger charge is -2.16. The Labute approximate surface area is 120 Å². The van der Waals surface area contributed by atoms with E-state index in [9.17, 15) is 17.2 Å². The average Bonchev–Trinajstić information content (AvgIpc) is 3.07. The fourth-order valence-electron chi connectivity index (χ4n) is 1.83. The number of sulfonamides is 1. The summed E-state index contributed by atoms with van der Waals surface area (Å²) in [5.74, 6) is 0. The maximum Gasteiger partial charge on any atom is 0.333 e. The molecule has 0 amide bonds. The van der Waals surface area contributed by atoms with Gasteiger partial charge in [0.2, 0.25) is 10.0 Å². The van der Waals surface area contributed by atoms with Crippen LogP contribution in [0.4, 0.5) is 8.78 Å². The summed E-state index contributed by atoms with van der Waals surface area (Å²) in [7, 11) is -2.50. The van der Waals surface area contributed by atoms with Crippen molar-refractivity contribution in [1.82, 2.24) is 23.9 Å². The van der Waals surface area contributed by atoms with Gasteiger partial charge in [-0.2, -0.15) is 23.3 Å². The van der Waals surface area contributed by atoms with Crippen molar-refractivity contribution in [2.45, 2.75) is 31.5 Å².